The number of nitrogens with zero attached hydrogens (tertiary/aromatic N) is 1. The predicted molar refractivity (Wildman–Crippen MR) is 167 cm³/mol. The summed E-state index contributed by atoms with van der Waals surface area (Å²) in [6, 6.07) is 11.9. The van der Waals surface area contributed by atoms with Gasteiger partial charge in [0.2, 0.25) is 0 Å². The topological polar surface area (TPSA) is 173 Å². The predicted octanol–water partition coefficient (Wildman–Crippen LogP) is 4.15. The van der Waals surface area contributed by atoms with Crippen LogP contribution in [0.1, 0.15) is 59.9 Å². The Balaban J connectivity index is 1.89. The number of benzene rings is 2. The summed E-state index contributed by atoms with van der Waals surface area (Å²) >= 11 is 0. The smallest absolute Gasteiger partial charge is 0.413 e. The molecule has 0 radical (unpaired) electrons. The van der Waals surface area contributed by atoms with E-state index in [0.29, 0.717) is 24.3 Å². The van der Waals surface area contributed by atoms with Gasteiger partial charge in [-0.3, -0.25) is 10.1 Å². The molecule has 1 atom stereocenters. The maximum atomic E-state index is 12.7. The number of rotatable bonds is 14. The Kier molecular flexibility index (Phi) is 14.1. The average Bonchev–Trinajstić information content (AvgIpc) is 2.93. The number of hydrogen-bond donors (Lipinski definition) is 4. The van der Waals surface area contributed by atoms with E-state index in [2.05, 4.69) is 10.6 Å². The van der Waals surface area contributed by atoms with Crippen molar-refractivity contribution < 1.29 is 48.3 Å². The van der Waals surface area contributed by atoms with Gasteiger partial charge in [0.25, 0.3) is 0 Å². The molecule has 13 heteroatoms. The van der Waals surface area contributed by atoms with Crippen molar-refractivity contribution in [2.75, 3.05) is 36.5 Å². The summed E-state index contributed by atoms with van der Waals surface area (Å²) in [5, 5.41) is 23.5. The third-order valence-corrected chi connectivity index (χ3v) is 5.76. The third-order valence-electron chi connectivity index (χ3n) is 5.76. The molecule has 0 spiro atoms. The van der Waals surface area contributed by atoms with E-state index >= 15 is 0 Å². The largest absolute Gasteiger partial charge is 0.460 e. The molecule has 0 heterocycles. The van der Waals surface area contributed by atoms with Crippen LogP contribution in [0.4, 0.5) is 21.0 Å². The lowest BCUT2D eigenvalue weighted by Crippen LogP contribution is -2.45. The first-order chi connectivity index (χ1) is 21.1. The van der Waals surface area contributed by atoms with Crippen molar-refractivity contribution in [1.82, 2.24) is 5.32 Å². The van der Waals surface area contributed by atoms with Crippen molar-refractivity contribution in [3.63, 3.8) is 0 Å². The SMILES string of the molecule is CC(C)(C)OC(=O)CC[C@H](NC(=O)Oc1ccc(COC(=O)Nc2ccc(N(CCO)CCO)cc2)cc1)C(=O)OC(C)(C)C. The number of amides is 2. The molecule has 2 amide bonds. The lowest BCUT2D eigenvalue weighted by atomic mass is 10.1. The molecule has 0 unspecified atom stereocenters. The number of carbonyl (C=O) groups is 4. The Morgan fingerprint density at radius 1 is 0.800 bits per heavy atom. The normalized spacial score (nSPS) is 12.0. The summed E-state index contributed by atoms with van der Waals surface area (Å²) in [6.45, 7) is 10.8. The van der Waals surface area contributed by atoms with Crippen molar-refractivity contribution in [2.24, 2.45) is 0 Å². The lowest BCUT2D eigenvalue weighted by Gasteiger charge is -2.25. The second-order valence-corrected chi connectivity index (χ2v) is 12.1. The van der Waals surface area contributed by atoms with Gasteiger partial charge >= 0.3 is 24.1 Å². The molecule has 0 aliphatic carbocycles. The molecule has 0 aliphatic heterocycles. The van der Waals surface area contributed by atoms with E-state index in [0.717, 1.165) is 5.69 Å². The molecule has 0 fully saturated rings. The molecule has 0 bridgehead atoms. The van der Waals surface area contributed by atoms with Crippen LogP contribution >= 0.6 is 0 Å². The zero-order chi connectivity index (χ0) is 33.6. The molecule has 0 saturated heterocycles. The van der Waals surface area contributed by atoms with Crippen molar-refractivity contribution in [3.05, 3.63) is 54.1 Å². The highest BCUT2D eigenvalue weighted by molar-refractivity contribution is 5.85. The Morgan fingerprint density at radius 3 is 1.91 bits per heavy atom. The van der Waals surface area contributed by atoms with Gasteiger partial charge in [-0.15, -0.1) is 0 Å². The molecule has 0 aromatic heterocycles. The number of carbonyl (C=O) groups excluding carboxylic acids is 4. The van der Waals surface area contributed by atoms with Gasteiger partial charge in [0.15, 0.2) is 0 Å². The first-order valence-electron chi connectivity index (χ1n) is 14.6. The van der Waals surface area contributed by atoms with Crippen LogP contribution in [0.2, 0.25) is 0 Å². The summed E-state index contributed by atoms with van der Waals surface area (Å²) in [5.74, 6) is -1.06. The van der Waals surface area contributed by atoms with E-state index in [1.807, 2.05) is 4.90 Å². The molecular formula is C32H45N3O10. The Morgan fingerprint density at radius 2 is 1.38 bits per heavy atom. The number of nitrogens with one attached hydrogen (secondary N) is 2. The molecule has 45 heavy (non-hydrogen) atoms. The monoisotopic (exact) mass is 631 g/mol. The number of ether oxygens (including phenoxy) is 4. The maximum Gasteiger partial charge on any atom is 0.413 e. The zero-order valence-corrected chi connectivity index (χ0v) is 26.8. The van der Waals surface area contributed by atoms with Crippen molar-refractivity contribution >= 4 is 35.5 Å². The maximum absolute atomic E-state index is 12.7. The van der Waals surface area contributed by atoms with Crippen LogP contribution in [0.5, 0.6) is 5.75 Å². The molecule has 2 aromatic rings. The van der Waals surface area contributed by atoms with Crippen molar-refractivity contribution in [1.29, 1.82) is 0 Å². The average molecular weight is 632 g/mol. The van der Waals surface area contributed by atoms with Gasteiger partial charge in [-0.25, -0.2) is 14.4 Å². The van der Waals surface area contributed by atoms with Gasteiger partial charge in [0.1, 0.15) is 29.6 Å². The number of aliphatic hydroxyl groups is 2. The molecule has 2 rings (SSSR count). The second-order valence-electron chi connectivity index (χ2n) is 12.1. The van der Waals surface area contributed by atoms with E-state index in [-0.39, 0.29) is 38.4 Å². The second kappa shape index (κ2) is 17.2. The summed E-state index contributed by atoms with van der Waals surface area (Å²) in [4.78, 5) is 51.6. The minimum absolute atomic E-state index is 0.0483. The van der Waals surface area contributed by atoms with E-state index < -0.39 is 41.4 Å². The van der Waals surface area contributed by atoms with Crippen molar-refractivity contribution in [3.8, 4) is 5.75 Å². The van der Waals surface area contributed by atoms with Gasteiger partial charge in [0, 0.05) is 30.9 Å². The van der Waals surface area contributed by atoms with Gasteiger partial charge in [0.05, 0.1) is 13.2 Å². The summed E-state index contributed by atoms with van der Waals surface area (Å²) in [7, 11) is 0. The summed E-state index contributed by atoms with van der Waals surface area (Å²) < 4.78 is 21.2. The van der Waals surface area contributed by atoms with Gasteiger partial charge in [-0.05, 0) is 89.9 Å². The lowest BCUT2D eigenvalue weighted by molar-refractivity contribution is -0.158. The van der Waals surface area contributed by atoms with Gasteiger partial charge in [-0.1, -0.05) is 12.1 Å². The first-order valence-corrected chi connectivity index (χ1v) is 14.6. The fraction of sp³-hybridized carbons (Fsp3) is 0.500. The minimum atomic E-state index is -1.15. The number of aliphatic hydroxyl groups excluding tert-OH is 2. The molecule has 248 valence electrons. The first kappa shape index (κ1) is 36.8. The van der Waals surface area contributed by atoms with Crippen LogP contribution < -0.4 is 20.3 Å². The van der Waals surface area contributed by atoms with Crippen LogP contribution in [0.15, 0.2) is 48.5 Å². The molecular weight excluding hydrogens is 586 g/mol. The number of hydrogen-bond acceptors (Lipinski definition) is 11. The molecule has 2 aromatic carbocycles. The highest BCUT2D eigenvalue weighted by Gasteiger charge is 2.29. The zero-order valence-electron chi connectivity index (χ0n) is 26.8. The van der Waals surface area contributed by atoms with Crippen molar-refractivity contribution in [2.45, 2.75) is 78.2 Å². The molecule has 4 N–H and O–H groups in total. The van der Waals surface area contributed by atoms with E-state index in [1.165, 1.54) is 12.1 Å². The van der Waals surface area contributed by atoms with Crippen LogP contribution in [0.3, 0.4) is 0 Å². The summed E-state index contributed by atoms with van der Waals surface area (Å²) in [6.07, 6.45) is -1.76. The van der Waals surface area contributed by atoms with Crippen LogP contribution in [-0.4, -0.2) is 77.9 Å². The fourth-order valence-corrected chi connectivity index (χ4v) is 3.88. The van der Waals surface area contributed by atoms with Crippen LogP contribution in [-0.2, 0) is 30.4 Å². The number of anilines is 2. The Hall–Kier alpha value is -4.36. The highest BCUT2D eigenvalue weighted by atomic mass is 16.6. The Bertz CT molecular complexity index is 1250. The fourth-order valence-electron chi connectivity index (χ4n) is 3.88. The molecule has 0 aliphatic rings. The molecule has 13 nitrogen and oxygen atoms in total. The minimum Gasteiger partial charge on any atom is -0.460 e. The number of esters is 2. The van der Waals surface area contributed by atoms with E-state index in [4.69, 9.17) is 18.9 Å². The standard InChI is InChI=1S/C32H45N3O10/c1-31(2,3)44-27(38)16-15-26(28(39)45-32(4,5)6)34-30(41)43-25-13-7-22(8-14-25)21-42-29(40)33-23-9-11-24(12-10-23)35(17-19-36)18-20-37/h7-14,26,36-37H,15-21H2,1-6H3,(H,33,40)(H,34,41)/t26-/m0/s1. The highest BCUT2D eigenvalue weighted by Crippen LogP contribution is 2.19. The van der Waals surface area contributed by atoms with Crippen LogP contribution in [0, 0.1) is 0 Å². The molecule has 0 saturated carbocycles. The Labute approximate surface area is 263 Å². The third kappa shape index (κ3) is 14.8. The van der Waals surface area contributed by atoms with Gasteiger partial charge in [-0.2, -0.15) is 0 Å². The van der Waals surface area contributed by atoms with E-state index in [1.54, 1.807) is 77.9 Å². The van der Waals surface area contributed by atoms with Crippen LogP contribution in [0.25, 0.3) is 0 Å². The summed E-state index contributed by atoms with van der Waals surface area (Å²) in [5.41, 5.74) is 0.413. The quantitative estimate of drug-likeness (QED) is 0.174. The van der Waals surface area contributed by atoms with Gasteiger partial charge < -0.3 is 39.4 Å². The van der Waals surface area contributed by atoms with E-state index in [9.17, 15) is 29.4 Å².